The highest BCUT2D eigenvalue weighted by Gasteiger charge is 2.34. The lowest BCUT2D eigenvalue weighted by atomic mass is 10.0. The van der Waals surface area contributed by atoms with Gasteiger partial charge in [0.15, 0.2) is 0 Å². The van der Waals surface area contributed by atoms with E-state index < -0.39 is 11.7 Å². The zero-order valence-corrected chi connectivity index (χ0v) is 12.2. The molecule has 0 N–H and O–H groups in total. The van der Waals surface area contributed by atoms with Gasteiger partial charge in [0.2, 0.25) is 0 Å². The first-order valence-corrected chi connectivity index (χ1v) is 6.89. The number of carbonyl (C=O) groups is 1. The normalized spacial score (nSPS) is 21.5. The number of rotatable bonds is 3. The highest BCUT2D eigenvalue weighted by Crippen LogP contribution is 2.33. The fraction of sp³-hybridized carbons (Fsp3) is 0.533. The Morgan fingerprint density at radius 2 is 2.05 bits per heavy atom. The smallest absolute Gasteiger partial charge is 0.301 e. The Kier molecular flexibility index (Phi) is 4.68. The number of aldehydes is 1. The highest BCUT2D eigenvalue weighted by atomic mass is 19.4. The minimum absolute atomic E-state index is 0.0535. The summed E-state index contributed by atoms with van der Waals surface area (Å²) in [6.07, 6.45) is -4.00. The second-order valence-corrected chi connectivity index (χ2v) is 5.60. The average Bonchev–Trinajstić information content (AvgIpc) is 2.42. The van der Waals surface area contributed by atoms with Crippen molar-refractivity contribution in [2.24, 2.45) is 0 Å². The molecule has 0 aliphatic carbocycles. The third-order valence-electron chi connectivity index (χ3n) is 4.01. The lowest BCUT2D eigenvalue weighted by Gasteiger charge is -2.38. The van der Waals surface area contributed by atoms with Gasteiger partial charge in [-0.15, -0.1) is 0 Å². The number of nitrogens with zero attached hydrogens (tertiary/aromatic N) is 2. The Hall–Kier alpha value is -1.40. The summed E-state index contributed by atoms with van der Waals surface area (Å²) in [6.45, 7) is 4.64. The molecular weight excluding hydrogens is 281 g/mol. The minimum Gasteiger partial charge on any atom is -0.301 e. The summed E-state index contributed by atoms with van der Waals surface area (Å²) in [5, 5.41) is 0. The van der Waals surface area contributed by atoms with Gasteiger partial charge >= 0.3 is 6.18 Å². The molecule has 3 nitrogen and oxygen atoms in total. The largest absolute Gasteiger partial charge is 0.416 e. The van der Waals surface area contributed by atoms with Crippen LogP contribution in [0.3, 0.4) is 0 Å². The number of halogens is 3. The summed E-state index contributed by atoms with van der Waals surface area (Å²) in [7, 11) is 2.02. The van der Waals surface area contributed by atoms with Crippen molar-refractivity contribution in [1.82, 2.24) is 9.80 Å². The van der Waals surface area contributed by atoms with Crippen LogP contribution in [0.2, 0.25) is 0 Å². The van der Waals surface area contributed by atoms with Crippen LogP contribution in [-0.4, -0.2) is 48.8 Å². The van der Waals surface area contributed by atoms with E-state index in [4.69, 9.17) is 0 Å². The lowest BCUT2D eigenvalue weighted by molar-refractivity contribution is -0.138. The second-order valence-electron chi connectivity index (χ2n) is 5.60. The Morgan fingerprint density at radius 1 is 1.33 bits per heavy atom. The number of likely N-dealkylation sites (N-methyl/N-ethyl adjacent to an activating group) is 1. The van der Waals surface area contributed by atoms with E-state index in [1.165, 1.54) is 12.1 Å². The van der Waals surface area contributed by atoms with Crippen LogP contribution >= 0.6 is 0 Å². The van der Waals surface area contributed by atoms with E-state index in [-0.39, 0.29) is 17.7 Å². The van der Waals surface area contributed by atoms with Gasteiger partial charge in [-0.2, -0.15) is 13.2 Å². The van der Waals surface area contributed by atoms with Crippen LogP contribution in [0.5, 0.6) is 0 Å². The van der Waals surface area contributed by atoms with Gasteiger partial charge in [-0.1, -0.05) is 12.1 Å². The Labute approximate surface area is 122 Å². The maximum atomic E-state index is 13.1. The van der Waals surface area contributed by atoms with E-state index in [2.05, 4.69) is 11.8 Å². The van der Waals surface area contributed by atoms with Gasteiger partial charge in [-0.05, 0) is 25.6 Å². The van der Waals surface area contributed by atoms with Gasteiger partial charge < -0.3 is 4.90 Å². The molecule has 1 aliphatic heterocycles. The predicted molar refractivity (Wildman–Crippen MR) is 74.2 cm³/mol. The van der Waals surface area contributed by atoms with Gasteiger partial charge in [-0.25, -0.2) is 0 Å². The molecule has 0 saturated carbocycles. The SMILES string of the molecule is CC1CN(Cc2ccc(C=O)cc2C(F)(F)F)CCN1C. The summed E-state index contributed by atoms with van der Waals surface area (Å²) in [4.78, 5) is 14.9. The number of benzene rings is 1. The predicted octanol–water partition coefficient (Wildman–Crippen LogP) is 2.65. The van der Waals surface area contributed by atoms with E-state index in [1.807, 2.05) is 11.9 Å². The fourth-order valence-electron chi connectivity index (χ4n) is 2.58. The molecule has 0 amide bonds. The zero-order valence-electron chi connectivity index (χ0n) is 12.2. The second kappa shape index (κ2) is 6.15. The minimum atomic E-state index is -4.44. The molecule has 0 radical (unpaired) electrons. The van der Waals surface area contributed by atoms with Crippen molar-refractivity contribution in [2.75, 3.05) is 26.7 Å². The van der Waals surface area contributed by atoms with Gasteiger partial charge in [0.1, 0.15) is 6.29 Å². The monoisotopic (exact) mass is 300 g/mol. The molecule has 1 heterocycles. The Morgan fingerprint density at radius 3 is 2.62 bits per heavy atom. The van der Waals surface area contributed by atoms with E-state index in [9.17, 15) is 18.0 Å². The lowest BCUT2D eigenvalue weighted by Crippen LogP contribution is -2.49. The first-order chi connectivity index (χ1) is 9.81. The van der Waals surface area contributed by atoms with Gasteiger partial charge in [-0.3, -0.25) is 9.69 Å². The van der Waals surface area contributed by atoms with Crippen LogP contribution in [0.1, 0.15) is 28.4 Å². The summed E-state index contributed by atoms with van der Waals surface area (Å²) in [5.74, 6) is 0. The molecular formula is C15H19F3N2O. The molecule has 1 unspecified atom stereocenters. The molecule has 1 aliphatic rings. The number of hydrogen-bond donors (Lipinski definition) is 0. The first-order valence-electron chi connectivity index (χ1n) is 6.89. The summed E-state index contributed by atoms with van der Waals surface area (Å²) in [6, 6.07) is 4.11. The van der Waals surface area contributed by atoms with Crippen molar-refractivity contribution in [3.8, 4) is 0 Å². The van der Waals surface area contributed by atoms with Gasteiger partial charge in [0.25, 0.3) is 0 Å². The maximum Gasteiger partial charge on any atom is 0.416 e. The van der Waals surface area contributed by atoms with E-state index in [0.29, 0.717) is 12.3 Å². The standard InChI is InChI=1S/C15H19F3N2O/c1-11-8-20(6-5-19(11)2)9-13-4-3-12(10-21)7-14(13)15(16,17)18/h3-4,7,10-11H,5-6,8-9H2,1-2H3. The molecule has 6 heteroatoms. The molecule has 0 bridgehead atoms. The van der Waals surface area contributed by atoms with Crippen molar-refractivity contribution >= 4 is 6.29 Å². The molecule has 0 aromatic heterocycles. The third-order valence-corrected chi connectivity index (χ3v) is 4.01. The summed E-state index contributed by atoms with van der Waals surface area (Å²) in [5.41, 5.74) is -0.429. The van der Waals surface area contributed by atoms with Crippen LogP contribution in [0.15, 0.2) is 18.2 Å². The van der Waals surface area contributed by atoms with E-state index in [1.54, 1.807) is 0 Å². The van der Waals surface area contributed by atoms with Crippen molar-refractivity contribution < 1.29 is 18.0 Å². The van der Waals surface area contributed by atoms with Gasteiger partial charge in [0.05, 0.1) is 5.56 Å². The molecule has 1 saturated heterocycles. The average molecular weight is 300 g/mol. The summed E-state index contributed by atoms with van der Waals surface area (Å²) >= 11 is 0. The zero-order chi connectivity index (χ0) is 15.6. The van der Waals surface area contributed by atoms with Gasteiger partial charge in [0, 0.05) is 37.8 Å². The van der Waals surface area contributed by atoms with E-state index >= 15 is 0 Å². The molecule has 1 aromatic rings. The van der Waals surface area contributed by atoms with Crippen LogP contribution in [0.4, 0.5) is 13.2 Å². The molecule has 2 rings (SSSR count). The van der Waals surface area contributed by atoms with Crippen LogP contribution in [-0.2, 0) is 12.7 Å². The first kappa shape index (κ1) is 16.0. The molecule has 1 aromatic carbocycles. The molecule has 21 heavy (non-hydrogen) atoms. The molecule has 1 fully saturated rings. The van der Waals surface area contributed by atoms with Crippen molar-refractivity contribution in [3.63, 3.8) is 0 Å². The van der Waals surface area contributed by atoms with Crippen LogP contribution in [0.25, 0.3) is 0 Å². The highest BCUT2D eigenvalue weighted by molar-refractivity contribution is 5.75. The quantitative estimate of drug-likeness (QED) is 0.802. The Bertz CT molecular complexity index is 516. The number of hydrogen-bond acceptors (Lipinski definition) is 3. The molecule has 0 spiro atoms. The Balaban J connectivity index is 2.21. The molecule has 116 valence electrons. The number of alkyl halides is 3. The van der Waals surface area contributed by atoms with Crippen LogP contribution < -0.4 is 0 Å². The fourth-order valence-corrected chi connectivity index (χ4v) is 2.58. The topological polar surface area (TPSA) is 23.6 Å². The van der Waals surface area contributed by atoms with Crippen molar-refractivity contribution in [3.05, 3.63) is 34.9 Å². The maximum absolute atomic E-state index is 13.1. The van der Waals surface area contributed by atoms with Crippen LogP contribution in [0, 0.1) is 0 Å². The van der Waals surface area contributed by atoms with E-state index in [0.717, 1.165) is 25.7 Å². The summed E-state index contributed by atoms with van der Waals surface area (Å²) < 4.78 is 39.3. The van der Waals surface area contributed by atoms with Crippen molar-refractivity contribution in [2.45, 2.75) is 25.7 Å². The third kappa shape index (κ3) is 3.83. The van der Waals surface area contributed by atoms with Crippen molar-refractivity contribution in [1.29, 1.82) is 0 Å². The number of carbonyl (C=O) groups excluding carboxylic acids is 1. The molecule has 1 atom stereocenters. The number of piperazine rings is 1.